The van der Waals surface area contributed by atoms with Crippen molar-refractivity contribution in [1.29, 1.82) is 0 Å². The summed E-state index contributed by atoms with van der Waals surface area (Å²) in [6.45, 7) is 4.27. The Labute approximate surface area is 253 Å². The maximum absolute atomic E-state index is 12.8. The van der Waals surface area contributed by atoms with Gasteiger partial charge in [-0.15, -0.1) is 0 Å². The van der Waals surface area contributed by atoms with Gasteiger partial charge in [-0.05, 0) is 49.7 Å². The summed E-state index contributed by atoms with van der Waals surface area (Å²) in [6, 6.07) is 16.3. The maximum atomic E-state index is 12.8. The van der Waals surface area contributed by atoms with Crippen LogP contribution >= 0.6 is 0 Å². The Hall–Kier alpha value is -3.84. The molecule has 0 saturated heterocycles. The number of nitrogens with two attached hydrogens (primary N) is 1. The second-order valence-corrected chi connectivity index (χ2v) is 10.5. The molecule has 236 valence electrons. The molecule has 0 heterocycles. The van der Waals surface area contributed by atoms with E-state index < -0.39 is 18.0 Å². The van der Waals surface area contributed by atoms with Crippen molar-refractivity contribution in [2.75, 3.05) is 66.0 Å². The summed E-state index contributed by atoms with van der Waals surface area (Å²) >= 11 is 0. The van der Waals surface area contributed by atoms with Gasteiger partial charge in [0.1, 0.15) is 12.4 Å². The molecule has 1 amide bonds. The summed E-state index contributed by atoms with van der Waals surface area (Å²) in [5.74, 6) is -1.71. The number of rotatable bonds is 22. The van der Waals surface area contributed by atoms with Crippen LogP contribution in [-0.4, -0.2) is 121 Å². The first-order valence-corrected chi connectivity index (χ1v) is 14.4. The zero-order chi connectivity index (χ0) is 31.6. The van der Waals surface area contributed by atoms with E-state index in [4.69, 9.17) is 20.7 Å². The maximum Gasteiger partial charge on any atom is 0.317 e. The van der Waals surface area contributed by atoms with Gasteiger partial charge in [0.05, 0.1) is 25.7 Å². The van der Waals surface area contributed by atoms with E-state index in [0.717, 1.165) is 17.5 Å². The number of likely N-dealkylation sites (N-methyl/N-ethyl adjacent to an activating group) is 2. The Morgan fingerprint density at radius 3 is 2.09 bits per heavy atom. The van der Waals surface area contributed by atoms with Crippen molar-refractivity contribution in [3.05, 3.63) is 65.7 Å². The predicted octanol–water partition coefficient (Wildman–Crippen LogP) is 0.936. The molecule has 0 aliphatic rings. The second-order valence-electron chi connectivity index (χ2n) is 10.5. The smallest absolute Gasteiger partial charge is 0.317 e. The largest absolute Gasteiger partial charge is 0.486 e. The van der Waals surface area contributed by atoms with Crippen LogP contribution in [0.4, 0.5) is 0 Å². The number of carbonyl (C=O) groups is 4. The van der Waals surface area contributed by atoms with Gasteiger partial charge in [0.25, 0.3) is 0 Å². The first-order valence-electron chi connectivity index (χ1n) is 14.4. The number of carboxylic acid groups (broad SMARTS) is 2. The lowest BCUT2D eigenvalue weighted by atomic mass is 10.0. The van der Waals surface area contributed by atoms with Gasteiger partial charge in [-0.25, -0.2) is 0 Å². The standard InChI is InChI=1S/C31H45N5O7/c1-3-35(22-31(41)42)17-18-36(16-15-34(2)21-30(39)40)20-29(38)33-19-25-9-12-26(13-10-25)43-23-28(37)27(32)14-11-24-7-5-4-6-8-24/h4-10,12-13,27H,3,11,14-23,32H2,1-2H3,(H,33,38)(H,39,40)(H,41,42)/t27-/m1/s1. The molecule has 2 aromatic rings. The van der Waals surface area contributed by atoms with Crippen LogP contribution in [0.5, 0.6) is 5.75 Å². The molecule has 2 rings (SSSR count). The van der Waals surface area contributed by atoms with E-state index >= 15 is 0 Å². The number of amides is 1. The lowest BCUT2D eigenvalue weighted by molar-refractivity contribution is -0.139. The molecule has 0 unspecified atom stereocenters. The number of Topliss-reactive ketones (excluding diaryl/α,β-unsaturated/α-hetero) is 1. The number of nitrogens with zero attached hydrogens (tertiary/aromatic N) is 3. The number of ketones is 1. The summed E-state index contributed by atoms with van der Waals surface area (Å²) in [5, 5.41) is 21.0. The van der Waals surface area contributed by atoms with Crippen LogP contribution in [0, 0.1) is 0 Å². The highest BCUT2D eigenvalue weighted by molar-refractivity contribution is 5.85. The van der Waals surface area contributed by atoms with Crippen molar-refractivity contribution in [3.63, 3.8) is 0 Å². The Morgan fingerprint density at radius 1 is 0.837 bits per heavy atom. The number of hydrogen-bond acceptors (Lipinski definition) is 9. The Bertz CT molecular complexity index is 1150. The highest BCUT2D eigenvalue weighted by Crippen LogP contribution is 2.13. The third kappa shape index (κ3) is 15.3. The minimum atomic E-state index is -0.934. The number of aliphatic carboxylic acids is 2. The minimum absolute atomic E-state index is 0.0827. The van der Waals surface area contributed by atoms with E-state index in [1.54, 1.807) is 41.1 Å². The molecular formula is C31H45N5O7. The van der Waals surface area contributed by atoms with E-state index in [1.807, 2.05) is 42.2 Å². The summed E-state index contributed by atoms with van der Waals surface area (Å²) in [7, 11) is 1.69. The zero-order valence-electron chi connectivity index (χ0n) is 25.1. The number of ether oxygens (including phenoxy) is 1. The third-order valence-electron chi connectivity index (χ3n) is 6.90. The van der Waals surface area contributed by atoms with Crippen molar-refractivity contribution >= 4 is 23.6 Å². The van der Waals surface area contributed by atoms with Crippen LogP contribution in [-0.2, 0) is 32.1 Å². The Kier molecular flexibility index (Phi) is 15.9. The van der Waals surface area contributed by atoms with Crippen LogP contribution in [0.1, 0.15) is 24.5 Å². The van der Waals surface area contributed by atoms with Gasteiger partial charge in [0.15, 0.2) is 5.78 Å². The Morgan fingerprint density at radius 2 is 1.47 bits per heavy atom. The highest BCUT2D eigenvalue weighted by atomic mass is 16.5. The molecule has 0 bridgehead atoms. The third-order valence-corrected chi connectivity index (χ3v) is 6.90. The number of carboxylic acids is 2. The quantitative estimate of drug-likeness (QED) is 0.152. The van der Waals surface area contributed by atoms with E-state index in [-0.39, 0.29) is 44.5 Å². The molecule has 0 aliphatic heterocycles. The van der Waals surface area contributed by atoms with Crippen molar-refractivity contribution in [3.8, 4) is 5.75 Å². The molecule has 0 saturated carbocycles. The molecule has 0 spiro atoms. The number of carbonyl (C=O) groups excluding carboxylic acids is 2. The average Bonchev–Trinajstić information content (AvgIpc) is 2.98. The van der Waals surface area contributed by atoms with E-state index in [1.165, 1.54) is 0 Å². The van der Waals surface area contributed by atoms with Gasteiger partial charge >= 0.3 is 11.9 Å². The summed E-state index contributed by atoms with van der Waals surface area (Å²) in [6.07, 6.45) is 1.26. The molecule has 12 heteroatoms. The van der Waals surface area contributed by atoms with Gasteiger partial charge in [0.2, 0.25) is 5.91 Å². The molecule has 0 aliphatic carbocycles. The van der Waals surface area contributed by atoms with Crippen molar-refractivity contribution in [2.24, 2.45) is 5.73 Å². The average molecular weight is 600 g/mol. The number of nitrogens with one attached hydrogen (secondary N) is 1. The van der Waals surface area contributed by atoms with Gasteiger partial charge < -0.3 is 26.0 Å². The zero-order valence-corrected chi connectivity index (χ0v) is 25.1. The monoisotopic (exact) mass is 599 g/mol. The normalized spacial score (nSPS) is 12.0. The molecular weight excluding hydrogens is 554 g/mol. The van der Waals surface area contributed by atoms with Crippen LogP contribution in [0.25, 0.3) is 0 Å². The number of benzene rings is 2. The Balaban J connectivity index is 1.80. The topological polar surface area (TPSA) is 166 Å². The van der Waals surface area contributed by atoms with Crippen molar-refractivity contribution in [2.45, 2.75) is 32.4 Å². The summed E-state index contributed by atoms with van der Waals surface area (Å²) in [4.78, 5) is 52.5. The molecule has 1 atom stereocenters. The fraction of sp³-hybridized carbons (Fsp3) is 0.484. The van der Waals surface area contributed by atoms with E-state index in [2.05, 4.69) is 5.32 Å². The SMILES string of the molecule is CCN(CCN(CCN(C)CC(=O)O)CC(=O)NCc1ccc(OCC(=O)[C@H](N)CCc2ccccc2)cc1)CC(=O)O. The van der Waals surface area contributed by atoms with Crippen LogP contribution in [0.15, 0.2) is 54.6 Å². The molecule has 43 heavy (non-hydrogen) atoms. The first kappa shape index (κ1) is 35.4. The van der Waals surface area contributed by atoms with Gasteiger partial charge in [-0.1, -0.05) is 49.4 Å². The molecule has 0 radical (unpaired) electrons. The molecule has 0 fully saturated rings. The molecule has 5 N–H and O–H groups in total. The lowest BCUT2D eigenvalue weighted by Gasteiger charge is -2.27. The van der Waals surface area contributed by atoms with Gasteiger partial charge in [-0.3, -0.25) is 33.9 Å². The molecule has 12 nitrogen and oxygen atoms in total. The fourth-order valence-electron chi connectivity index (χ4n) is 4.27. The number of hydrogen-bond donors (Lipinski definition) is 4. The molecule has 2 aromatic carbocycles. The van der Waals surface area contributed by atoms with Crippen molar-refractivity contribution in [1.82, 2.24) is 20.0 Å². The van der Waals surface area contributed by atoms with Crippen LogP contribution in [0.2, 0.25) is 0 Å². The van der Waals surface area contributed by atoms with E-state index in [0.29, 0.717) is 44.9 Å². The molecule has 0 aromatic heterocycles. The minimum Gasteiger partial charge on any atom is -0.486 e. The van der Waals surface area contributed by atoms with Gasteiger partial charge in [-0.2, -0.15) is 0 Å². The van der Waals surface area contributed by atoms with Crippen LogP contribution in [0.3, 0.4) is 0 Å². The summed E-state index contributed by atoms with van der Waals surface area (Å²) in [5.41, 5.74) is 8.02. The lowest BCUT2D eigenvalue weighted by Crippen LogP contribution is -2.45. The first-order chi connectivity index (χ1) is 20.5. The van der Waals surface area contributed by atoms with Gasteiger partial charge in [0, 0.05) is 32.7 Å². The van der Waals surface area contributed by atoms with Crippen molar-refractivity contribution < 1.29 is 34.1 Å². The predicted molar refractivity (Wildman–Crippen MR) is 163 cm³/mol. The summed E-state index contributed by atoms with van der Waals surface area (Å²) < 4.78 is 5.62. The van der Waals surface area contributed by atoms with E-state index in [9.17, 15) is 19.2 Å². The second kappa shape index (κ2) is 19.4. The fourth-order valence-corrected chi connectivity index (χ4v) is 4.27. The number of aryl methyl sites for hydroxylation is 1. The highest BCUT2D eigenvalue weighted by Gasteiger charge is 2.16. The van der Waals surface area contributed by atoms with Crippen LogP contribution < -0.4 is 15.8 Å².